The molecule has 1 aliphatic heterocycles. The fraction of sp³-hybridized carbons (Fsp3) is 0.368. The molecule has 0 bridgehead atoms. The van der Waals surface area contributed by atoms with Gasteiger partial charge in [-0.1, -0.05) is 30.3 Å². The zero-order valence-corrected chi connectivity index (χ0v) is 15.6. The molecule has 2 aromatic carbocycles. The van der Waals surface area contributed by atoms with Crippen molar-refractivity contribution in [2.24, 2.45) is 0 Å². The summed E-state index contributed by atoms with van der Waals surface area (Å²) < 4.78 is 11.9. The topological polar surface area (TPSA) is 42.5 Å². The molecule has 0 radical (unpaired) electrons. The molecule has 3 rings (SSSR count). The number of methoxy groups -OCH3 is 2. The number of hydrogen-bond acceptors (Lipinski definition) is 4. The van der Waals surface area contributed by atoms with Crippen molar-refractivity contribution in [2.75, 3.05) is 20.8 Å². The van der Waals surface area contributed by atoms with Gasteiger partial charge in [0.05, 0.1) is 18.7 Å². The van der Waals surface area contributed by atoms with E-state index in [1.807, 2.05) is 12.1 Å². The monoisotopic (exact) mass is 390 g/mol. The number of ether oxygens (including phenoxy) is 2. The molecular formula is C19H23BrN2O2. The van der Waals surface area contributed by atoms with Crippen molar-refractivity contribution in [3.8, 4) is 11.5 Å². The Hall–Kier alpha value is -1.56. The Kier molecular flexibility index (Phi) is 5.76. The average Bonchev–Trinajstić information content (AvgIpc) is 3.09. The molecule has 2 unspecified atom stereocenters. The Morgan fingerprint density at radius 3 is 2.50 bits per heavy atom. The first-order chi connectivity index (χ1) is 11.7. The summed E-state index contributed by atoms with van der Waals surface area (Å²) in [5, 5.41) is 7.28. The highest BCUT2D eigenvalue weighted by Gasteiger charge is 2.28. The van der Waals surface area contributed by atoms with Crippen LogP contribution in [0.25, 0.3) is 0 Å². The summed E-state index contributed by atoms with van der Waals surface area (Å²) in [6.07, 6.45) is 1.10. The van der Waals surface area contributed by atoms with Crippen LogP contribution in [-0.2, 0) is 6.54 Å². The van der Waals surface area contributed by atoms with Gasteiger partial charge in [0.2, 0.25) is 0 Å². The molecule has 1 saturated heterocycles. The zero-order valence-electron chi connectivity index (χ0n) is 14.0. The van der Waals surface area contributed by atoms with Gasteiger partial charge in [0.25, 0.3) is 0 Å². The van der Waals surface area contributed by atoms with Crippen molar-refractivity contribution in [1.82, 2.24) is 10.6 Å². The fourth-order valence-corrected chi connectivity index (χ4v) is 3.89. The minimum Gasteiger partial charge on any atom is -0.496 e. The summed E-state index contributed by atoms with van der Waals surface area (Å²) in [5.74, 6) is 1.68. The van der Waals surface area contributed by atoms with E-state index in [2.05, 4.69) is 56.9 Å². The molecule has 2 aromatic rings. The van der Waals surface area contributed by atoms with E-state index in [9.17, 15) is 0 Å². The van der Waals surface area contributed by atoms with E-state index >= 15 is 0 Å². The largest absolute Gasteiger partial charge is 0.496 e. The molecule has 1 heterocycles. The van der Waals surface area contributed by atoms with Crippen LogP contribution in [0.5, 0.6) is 11.5 Å². The van der Waals surface area contributed by atoms with Gasteiger partial charge in [-0.3, -0.25) is 0 Å². The van der Waals surface area contributed by atoms with Crippen LogP contribution >= 0.6 is 15.9 Å². The third-order valence-corrected chi connectivity index (χ3v) is 5.40. The minimum absolute atomic E-state index is 0.335. The number of halogens is 1. The van der Waals surface area contributed by atoms with E-state index in [4.69, 9.17) is 9.47 Å². The fourth-order valence-electron chi connectivity index (χ4n) is 3.26. The van der Waals surface area contributed by atoms with Crippen molar-refractivity contribution in [1.29, 1.82) is 0 Å². The zero-order chi connectivity index (χ0) is 16.9. The molecular weight excluding hydrogens is 368 g/mol. The summed E-state index contributed by atoms with van der Waals surface area (Å²) in [4.78, 5) is 0. The molecule has 1 aliphatic rings. The average molecular weight is 391 g/mol. The van der Waals surface area contributed by atoms with Gasteiger partial charge in [-0.05, 0) is 46.6 Å². The Balaban J connectivity index is 1.76. The van der Waals surface area contributed by atoms with Gasteiger partial charge >= 0.3 is 0 Å². The lowest BCUT2D eigenvalue weighted by atomic mass is 10.0. The Morgan fingerprint density at radius 2 is 1.79 bits per heavy atom. The predicted octanol–water partition coefficient (Wildman–Crippen LogP) is 3.66. The summed E-state index contributed by atoms with van der Waals surface area (Å²) in [7, 11) is 3.37. The first kappa shape index (κ1) is 17.3. The molecule has 0 aliphatic carbocycles. The van der Waals surface area contributed by atoms with E-state index < -0.39 is 0 Å². The molecule has 0 amide bonds. The molecule has 1 fully saturated rings. The molecule has 24 heavy (non-hydrogen) atoms. The van der Waals surface area contributed by atoms with Gasteiger partial charge in [-0.15, -0.1) is 0 Å². The third kappa shape index (κ3) is 3.58. The lowest BCUT2D eigenvalue weighted by Gasteiger charge is -2.22. The van der Waals surface area contributed by atoms with Crippen LogP contribution in [0.4, 0.5) is 0 Å². The molecule has 0 saturated carbocycles. The highest BCUT2D eigenvalue weighted by molar-refractivity contribution is 9.10. The van der Waals surface area contributed by atoms with E-state index in [1.54, 1.807) is 14.2 Å². The second-order valence-electron chi connectivity index (χ2n) is 5.88. The van der Waals surface area contributed by atoms with E-state index in [0.717, 1.165) is 41.0 Å². The minimum atomic E-state index is 0.335. The van der Waals surface area contributed by atoms with E-state index in [1.165, 1.54) is 5.56 Å². The van der Waals surface area contributed by atoms with Gasteiger partial charge in [0.1, 0.15) is 11.5 Å². The standard InChI is InChI=1S/C19H23BrN2O2/c1-23-16-8-9-17(24-2)18(20)14(16)12-22-15-10-11-21-19(15)13-6-4-3-5-7-13/h3-9,15,19,21-22H,10-12H2,1-2H3. The molecule has 5 heteroatoms. The highest BCUT2D eigenvalue weighted by Crippen LogP contribution is 2.35. The van der Waals surface area contributed by atoms with E-state index in [0.29, 0.717) is 12.1 Å². The second-order valence-corrected chi connectivity index (χ2v) is 6.67. The maximum Gasteiger partial charge on any atom is 0.133 e. The normalized spacial score (nSPS) is 20.1. The van der Waals surface area contributed by atoms with Crippen molar-refractivity contribution in [2.45, 2.75) is 25.0 Å². The smallest absolute Gasteiger partial charge is 0.133 e. The van der Waals surface area contributed by atoms with Crippen molar-refractivity contribution in [3.63, 3.8) is 0 Å². The van der Waals surface area contributed by atoms with Crippen LogP contribution in [0.15, 0.2) is 46.9 Å². The summed E-state index contributed by atoms with van der Waals surface area (Å²) in [6.45, 7) is 1.74. The third-order valence-electron chi connectivity index (χ3n) is 4.53. The molecule has 2 atom stereocenters. The quantitative estimate of drug-likeness (QED) is 0.789. The highest BCUT2D eigenvalue weighted by atomic mass is 79.9. The number of benzene rings is 2. The maximum atomic E-state index is 5.51. The van der Waals surface area contributed by atoms with Crippen molar-refractivity contribution >= 4 is 15.9 Å². The first-order valence-corrected chi connectivity index (χ1v) is 8.95. The van der Waals surface area contributed by atoms with Gasteiger partial charge in [-0.25, -0.2) is 0 Å². The Bertz CT molecular complexity index is 679. The summed E-state index contributed by atoms with van der Waals surface area (Å²) >= 11 is 3.64. The van der Waals surface area contributed by atoms with Crippen LogP contribution in [0, 0.1) is 0 Å². The Labute approximate surface area is 151 Å². The predicted molar refractivity (Wildman–Crippen MR) is 99.7 cm³/mol. The molecule has 0 aromatic heterocycles. The second kappa shape index (κ2) is 8.01. The summed E-state index contributed by atoms with van der Waals surface area (Å²) in [5.41, 5.74) is 2.40. The number of nitrogens with one attached hydrogen (secondary N) is 2. The van der Waals surface area contributed by atoms with Crippen LogP contribution < -0.4 is 20.1 Å². The van der Waals surface area contributed by atoms with Gasteiger partial charge in [0, 0.05) is 24.2 Å². The van der Waals surface area contributed by atoms with Crippen LogP contribution in [-0.4, -0.2) is 26.8 Å². The van der Waals surface area contributed by atoms with E-state index in [-0.39, 0.29) is 0 Å². The maximum absolute atomic E-state index is 5.51. The number of hydrogen-bond donors (Lipinski definition) is 2. The molecule has 2 N–H and O–H groups in total. The van der Waals surface area contributed by atoms with Crippen LogP contribution in [0.2, 0.25) is 0 Å². The molecule has 0 spiro atoms. The molecule has 4 nitrogen and oxygen atoms in total. The SMILES string of the molecule is COc1ccc(OC)c(CNC2CCNC2c2ccccc2)c1Br. The van der Waals surface area contributed by atoms with Crippen LogP contribution in [0.3, 0.4) is 0 Å². The number of rotatable bonds is 6. The van der Waals surface area contributed by atoms with Crippen LogP contribution in [0.1, 0.15) is 23.6 Å². The Morgan fingerprint density at radius 1 is 1.08 bits per heavy atom. The van der Waals surface area contributed by atoms with Crippen molar-refractivity contribution < 1.29 is 9.47 Å². The van der Waals surface area contributed by atoms with Gasteiger partial charge in [0.15, 0.2) is 0 Å². The van der Waals surface area contributed by atoms with Crippen molar-refractivity contribution in [3.05, 3.63) is 58.1 Å². The van der Waals surface area contributed by atoms with Gasteiger partial charge in [-0.2, -0.15) is 0 Å². The molecule has 128 valence electrons. The first-order valence-electron chi connectivity index (χ1n) is 8.15. The lowest BCUT2D eigenvalue weighted by molar-refractivity contribution is 0.390. The lowest BCUT2D eigenvalue weighted by Crippen LogP contribution is -2.34. The van der Waals surface area contributed by atoms with Gasteiger partial charge < -0.3 is 20.1 Å². The summed E-state index contributed by atoms with van der Waals surface area (Å²) in [6, 6.07) is 15.2.